The highest BCUT2D eigenvalue weighted by molar-refractivity contribution is 5.79. The van der Waals surface area contributed by atoms with E-state index in [2.05, 4.69) is 31.2 Å². The molecule has 2 aromatic carbocycles. The van der Waals surface area contributed by atoms with Crippen LogP contribution in [-0.4, -0.2) is 190 Å². The van der Waals surface area contributed by atoms with Gasteiger partial charge in [-0.1, -0.05) is 74.7 Å². The van der Waals surface area contributed by atoms with Crippen LogP contribution >= 0.6 is 0 Å². The lowest BCUT2D eigenvalue weighted by molar-refractivity contribution is -0.0284. The minimum Gasteiger partial charge on any atom is -0.448 e. The molecule has 0 atom stereocenters. The van der Waals surface area contributed by atoms with E-state index in [0.29, 0.717) is 165 Å². The molecule has 0 heterocycles. The van der Waals surface area contributed by atoms with Crippen LogP contribution < -0.4 is 0 Å². The molecule has 15 nitrogen and oxygen atoms in total. The van der Waals surface area contributed by atoms with E-state index < -0.39 is 0 Å². The van der Waals surface area contributed by atoms with Crippen LogP contribution in [0.5, 0.6) is 0 Å². The van der Waals surface area contributed by atoms with E-state index >= 15 is 0 Å². The Labute approximate surface area is 364 Å². The third-order valence-electron chi connectivity index (χ3n) is 9.45. The van der Waals surface area contributed by atoms with Gasteiger partial charge in [-0.3, -0.25) is 0 Å². The van der Waals surface area contributed by atoms with Crippen LogP contribution in [0.15, 0.2) is 48.5 Å². The zero-order valence-electron chi connectivity index (χ0n) is 37.1. The van der Waals surface area contributed by atoms with Crippen LogP contribution in [0.4, 0.5) is 4.79 Å². The molecule has 1 amide bonds. The van der Waals surface area contributed by atoms with Gasteiger partial charge in [0.15, 0.2) is 0 Å². The van der Waals surface area contributed by atoms with Gasteiger partial charge in [-0.15, -0.1) is 0 Å². The van der Waals surface area contributed by atoms with Gasteiger partial charge in [0.05, 0.1) is 152 Å². The number of carbonyl (C=O) groups excluding carboxylic acids is 1. The van der Waals surface area contributed by atoms with Crippen LogP contribution in [0.1, 0.15) is 49.7 Å². The summed E-state index contributed by atoms with van der Waals surface area (Å²) in [6.07, 6.45) is 4.51. The van der Waals surface area contributed by atoms with Crippen LogP contribution in [0.25, 0.3) is 11.1 Å². The molecule has 0 N–H and O–H groups in total. The van der Waals surface area contributed by atoms with Gasteiger partial charge in [0.2, 0.25) is 0 Å². The maximum Gasteiger partial charge on any atom is 0.409 e. The molecule has 0 aromatic heterocycles. The van der Waals surface area contributed by atoms with Gasteiger partial charge < -0.3 is 66.5 Å². The first-order chi connectivity index (χ1) is 30.2. The van der Waals surface area contributed by atoms with Crippen LogP contribution in [0, 0.1) is 0 Å². The molecule has 2 aromatic rings. The maximum atomic E-state index is 12.6. The van der Waals surface area contributed by atoms with E-state index in [-0.39, 0.29) is 12.0 Å². The minimum absolute atomic E-state index is 0.0372. The van der Waals surface area contributed by atoms with Gasteiger partial charge in [0.25, 0.3) is 0 Å². The van der Waals surface area contributed by atoms with Crippen LogP contribution in [0.2, 0.25) is 0 Å². The highest BCUT2D eigenvalue weighted by Crippen LogP contribution is 2.44. The van der Waals surface area contributed by atoms with Gasteiger partial charge in [0.1, 0.15) is 6.61 Å². The highest BCUT2D eigenvalue weighted by atomic mass is 16.6. The van der Waals surface area contributed by atoms with E-state index in [9.17, 15) is 4.79 Å². The maximum absolute atomic E-state index is 12.6. The Morgan fingerprint density at radius 1 is 0.426 bits per heavy atom. The second-order valence-electron chi connectivity index (χ2n) is 14.1. The lowest BCUT2D eigenvalue weighted by Crippen LogP contribution is -2.32. The average molecular weight is 866 g/mol. The summed E-state index contributed by atoms with van der Waals surface area (Å²) >= 11 is 0. The number of amides is 1. The first kappa shape index (κ1) is 52.6. The highest BCUT2D eigenvalue weighted by Gasteiger charge is 2.29. The summed E-state index contributed by atoms with van der Waals surface area (Å²) in [4.78, 5) is 14.2. The van der Waals surface area contributed by atoms with E-state index in [4.69, 9.17) is 61.6 Å². The number of benzene rings is 2. The summed E-state index contributed by atoms with van der Waals surface area (Å²) in [7, 11) is 1.72. The van der Waals surface area contributed by atoms with Crippen LogP contribution in [0.3, 0.4) is 0 Å². The normalized spacial score (nSPS) is 12.2. The second kappa shape index (κ2) is 37.8. The fourth-order valence-electron chi connectivity index (χ4n) is 6.15. The quantitative estimate of drug-likeness (QED) is 0.0759. The van der Waals surface area contributed by atoms with Crippen molar-refractivity contribution in [2.75, 3.05) is 179 Å². The molecular formula is C46H75NO14. The molecule has 0 bridgehead atoms. The first-order valence-electron chi connectivity index (χ1n) is 22.2. The molecule has 348 valence electrons. The molecule has 0 aliphatic heterocycles. The number of likely N-dealkylation sites (N-methyl/N-ethyl adjacent to an activating group) is 1. The molecule has 61 heavy (non-hydrogen) atoms. The zero-order chi connectivity index (χ0) is 43.1. The van der Waals surface area contributed by atoms with Crippen molar-refractivity contribution in [3.8, 4) is 11.1 Å². The average Bonchev–Trinajstić information content (AvgIpc) is 3.60. The lowest BCUT2D eigenvalue weighted by Gasteiger charge is -2.19. The molecule has 1 aliphatic rings. The third-order valence-corrected chi connectivity index (χ3v) is 9.45. The Morgan fingerprint density at radius 3 is 1.08 bits per heavy atom. The second-order valence-corrected chi connectivity index (χ2v) is 14.1. The van der Waals surface area contributed by atoms with Gasteiger partial charge >= 0.3 is 6.09 Å². The predicted octanol–water partition coefficient (Wildman–Crippen LogP) is 5.65. The van der Waals surface area contributed by atoms with Crippen molar-refractivity contribution < 1.29 is 66.4 Å². The van der Waals surface area contributed by atoms with Crippen molar-refractivity contribution in [1.82, 2.24) is 4.90 Å². The predicted molar refractivity (Wildman–Crippen MR) is 232 cm³/mol. The summed E-state index contributed by atoms with van der Waals surface area (Å²) in [5.41, 5.74) is 4.80. The zero-order valence-corrected chi connectivity index (χ0v) is 37.1. The lowest BCUT2D eigenvalue weighted by atomic mass is 9.98. The minimum atomic E-state index is -0.364. The molecule has 0 radical (unpaired) electrons. The number of hydrogen-bond donors (Lipinski definition) is 0. The van der Waals surface area contributed by atoms with E-state index in [1.807, 2.05) is 24.3 Å². The van der Waals surface area contributed by atoms with Gasteiger partial charge in [-0.25, -0.2) is 4.79 Å². The number of ether oxygens (including phenoxy) is 13. The molecule has 0 spiro atoms. The fraction of sp³-hybridized carbons (Fsp3) is 0.717. The molecule has 0 unspecified atom stereocenters. The van der Waals surface area contributed by atoms with Gasteiger partial charge in [0, 0.05) is 26.1 Å². The number of rotatable bonds is 43. The molecule has 0 saturated heterocycles. The molecule has 1 aliphatic carbocycles. The number of nitrogens with zero attached hydrogens (tertiary/aromatic N) is 1. The third kappa shape index (κ3) is 25.8. The Kier molecular flexibility index (Phi) is 32.5. The Morgan fingerprint density at radius 2 is 0.738 bits per heavy atom. The summed E-state index contributed by atoms with van der Waals surface area (Å²) in [6, 6.07) is 16.6. The molecule has 3 rings (SSSR count). The first-order valence-corrected chi connectivity index (χ1v) is 22.2. The topological polar surface area (TPSA) is 140 Å². The molecule has 0 saturated carbocycles. The van der Waals surface area contributed by atoms with E-state index in [1.54, 1.807) is 7.05 Å². The summed E-state index contributed by atoms with van der Waals surface area (Å²) in [6.45, 7) is 15.3. The Bertz CT molecular complexity index is 1280. The summed E-state index contributed by atoms with van der Waals surface area (Å²) in [5.74, 6) is 0.0372. The van der Waals surface area contributed by atoms with Crippen molar-refractivity contribution in [1.29, 1.82) is 0 Å². The van der Waals surface area contributed by atoms with Crippen molar-refractivity contribution >= 4 is 6.09 Å². The van der Waals surface area contributed by atoms with Gasteiger partial charge in [-0.05, 0) is 28.7 Å². The molecular weight excluding hydrogens is 790 g/mol. The Balaban J connectivity index is 0.935. The van der Waals surface area contributed by atoms with Gasteiger partial charge in [-0.2, -0.15) is 0 Å². The van der Waals surface area contributed by atoms with Crippen molar-refractivity contribution in [2.45, 2.75) is 38.5 Å². The van der Waals surface area contributed by atoms with Crippen molar-refractivity contribution in [3.63, 3.8) is 0 Å². The number of unbranched alkanes of at least 4 members (excludes halogenated alkanes) is 3. The van der Waals surface area contributed by atoms with Crippen LogP contribution in [-0.2, 0) is 61.6 Å². The van der Waals surface area contributed by atoms with E-state index in [0.717, 1.165) is 13.0 Å². The Hall–Kier alpha value is -2.77. The fourth-order valence-corrected chi connectivity index (χ4v) is 6.15. The van der Waals surface area contributed by atoms with Crippen molar-refractivity contribution in [3.05, 3.63) is 59.7 Å². The SMILES string of the molecule is CCCCCCOCCOCCOCCOCCOCCOCCOCCOCCOCCOCCOCCOCCN(C)C(=O)OCC1c2ccccc2-c2ccccc21. The smallest absolute Gasteiger partial charge is 0.409 e. The van der Waals surface area contributed by atoms with Crippen molar-refractivity contribution in [2.24, 2.45) is 0 Å². The molecule has 15 heteroatoms. The molecule has 0 fully saturated rings. The number of fused-ring (bicyclic) bond motifs is 3. The largest absolute Gasteiger partial charge is 0.448 e. The number of carbonyl (C=O) groups is 1. The summed E-state index contributed by atoms with van der Waals surface area (Å²) in [5, 5.41) is 0. The summed E-state index contributed by atoms with van der Waals surface area (Å²) < 4.78 is 72.0. The monoisotopic (exact) mass is 866 g/mol. The number of hydrogen-bond acceptors (Lipinski definition) is 14. The van der Waals surface area contributed by atoms with E-state index in [1.165, 1.54) is 46.4 Å². The standard InChI is InChI=1S/C46H75NO14/c1-3-4-5-10-16-49-18-20-51-22-24-53-26-28-55-30-32-57-34-36-59-38-39-60-37-35-58-33-31-56-29-27-54-25-23-52-21-19-50-17-15-47(2)46(48)61-40-45-43-13-8-6-11-41(43)42-12-7-9-14-44(42)45/h6-9,11-14,45H,3-5,10,15-40H2,1-2H3.